The minimum absolute atomic E-state index is 0.0657. The van der Waals surface area contributed by atoms with Gasteiger partial charge in [-0.3, -0.25) is 0 Å². The molecule has 0 aromatic heterocycles. The number of rotatable bonds is 3. The summed E-state index contributed by atoms with van der Waals surface area (Å²) < 4.78 is 4.29. The van der Waals surface area contributed by atoms with E-state index in [1.807, 2.05) is 0 Å². The Hall–Kier alpha value is 0.630. The number of halogens is 2. The molecule has 0 rings (SSSR count). The molecule has 0 bridgehead atoms. The predicted octanol–water partition coefficient (Wildman–Crippen LogP) is 1.53. The molecule has 0 heterocycles. The summed E-state index contributed by atoms with van der Waals surface area (Å²) in [6.07, 6.45) is 0. The normalized spacial score (nSPS) is 12.8. The topological polar surface area (TPSA) is 49.7 Å². The van der Waals surface area contributed by atoms with E-state index in [2.05, 4.69) is 4.52 Å². The van der Waals surface area contributed by atoms with Crippen molar-refractivity contribution in [2.75, 3.05) is 6.61 Å². The molecule has 3 nitrogen and oxygen atoms in total. The molecule has 54 valence electrons. The van der Waals surface area contributed by atoms with E-state index in [1.165, 1.54) is 0 Å². The van der Waals surface area contributed by atoms with Gasteiger partial charge in [-0.05, 0) is 0 Å². The third-order valence-corrected chi connectivity index (χ3v) is 1.39. The van der Waals surface area contributed by atoms with Crippen molar-refractivity contribution in [2.24, 2.45) is 0 Å². The van der Waals surface area contributed by atoms with Crippen LogP contribution in [0.2, 0.25) is 0 Å². The van der Waals surface area contributed by atoms with Gasteiger partial charge < -0.3 is 14.3 Å². The molecule has 0 saturated carbocycles. The Labute approximate surface area is 63.8 Å². The van der Waals surface area contributed by atoms with E-state index in [-0.39, 0.29) is 11.6 Å². The molecule has 0 spiro atoms. The van der Waals surface area contributed by atoms with E-state index >= 15 is 0 Å². The Morgan fingerprint density at radius 3 is 2.56 bits per heavy atom. The highest BCUT2D eigenvalue weighted by atomic mass is 35.5. The van der Waals surface area contributed by atoms with Gasteiger partial charge in [0.25, 0.3) is 0 Å². The van der Waals surface area contributed by atoms with Crippen LogP contribution in [0, 0.1) is 0 Å². The van der Waals surface area contributed by atoms with E-state index in [9.17, 15) is 0 Å². The smallest absolute Gasteiger partial charge is 0.327 e. The standard InChI is InChI=1S/C3H5Cl2O3P/c4-1-3(5)2-8-9(6)7/h1,6-7H,2H2/b3-1-. The van der Waals surface area contributed by atoms with Gasteiger partial charge in [0.2, 0.25) is 0 Å². The molecule has 0 aromatic rings. The highest BCUT2D eigenvalue weighted by molar-refractivity contribution is 7.39. The second-order valence-corrected chi connectivity index (χ2v) is 2.55. The molecule has 0 aliphatic heterocycles. The lowest BCUT2D eigenvalue weighted by atomic mass is 10.7. The van der Waals surface area contributed by atoms with E-state index in [1.54, 1.807) is 0 Å². The molecule has 0 saturated heterocycles. The molecule has 0 amide bonds. The Morgan fingerprint density at radius 1 is 1.67 bits per heavy atom. The Bertz CT molecular complexity index is 105. The van der Waals surface area contributed by atoms with Gasteiger partial charge in [-0.2, -0.15) is 0 Å². The zero-order chi connectivity index (χ0) is 7.28. The quantitative estimate of drug-likeness (QED) is 0.665. The maximum absolute atomic E-state index is 8.17. The fraction of sp³-hybridized carbons (Fsp3) is 0.333. The zero-order valence-electron chi connectivity index (χ0n) is 4.29. The van der Waals surface area contributed by atoms with E-state index < -0.39 is 8.60 Å². The average Bonchev–Trinajstić information content (AvgIpc) is 1.83. The SMILES string of the molecule is OP(O)OC/C(Cl)=C/Cl. The van der Waals surface area contributed by atoms with Crippen LogP contribution in [0.5, 0.6) is 0 Å². The average molecular weight is 191 g/mol. The first-order valence-corrected chi connectivity index (χ1v) is 3.90. The van der Waals surface area contributed by atoms with Crippen LogP contribution in [-0.2, 0) is 4.52 Å². The van der Waals surface area contributed by atoms with Crippen molar-refractivity contribution in [1.82, 2.24) is 0 Å². The van der Waals surface area contributed by atoms with Crippen LogP contribution in [0.4, 0.5) is 0 Å². The highest BCUT2D eigenvalue weighted by Gasteiger charge is 1.99. The summed E-state index contributed by atoms with van der Waals surface area (Å²) in [6, 6.07) is 0. The van der Waals surface area contributed by atoms with Crippen LogP contribution in [0.15, 0.2) is 10.6 Å². The lowest BCUT2D eigenvalue weighted by Gasteiger charge is -2.00. The van der Waals surface area contributed by atoms with Crippen molar-refractivity contribution in [2.45, 2.75) is 0 Å². The third kappa shape index (κ3) is 6.52. The van der Waals surface area contributed by atoms with Gasteiger partial charge in [-0.1, -0.05) is 23.2 Å². The molecule has 0 aliphatic rings. The largest absolute Gasteiger partial charge is 0.328 e. The van der Waals surface area contributed by atoms with Gasteiger partial charge >= 0.3 is 8.60 Å². The van der Waals surface area contributed by atoms with Gasteiger partial charge in [0.05, 0.1) is 11.6 Å². The van der Waals surface area contributed by atoms with Gasteiger partial charge in [0.15, 0.2) is 0 Å². The Balaban J connectivity index is 3.28. The van der Waals surface area contributed by atoms with Crippen LogP contribution in [0.25, 0.3) is 0 Å². The molecule has 0 unspecified atom stereocenters. The van der Waals surface area contributed by atoms with Gasteiger partial charge in [-0.15, -0.1) is 0 Å². The molecule has 2 N–H and O–H groups in total. The molecule has 6 heteroatoms. The second-order valence-electron chi connectivity index (χ2n) is 1.08. The first-order valence-electron chi connectivity index (χ1n) is 1.92. The first-order chi connectivity index (χ1) is 4.16. The van der Waals surface area contributed by atoms with Crippen LogP contribution in [0.3, 0.4) is 0 Å². The summed E-state index contributed by atoms with van der Waals surface area (Å²) in [6.45, 7) is -0.0657. The van der Waals surface area contributed by atoms with Crippen molar-refractivity contribution in [3.63, 3.8) is 0 Å². The second kappa shape index (κ2) is 5.42. The molecule has 0 aromatic carbocycles. The van der Waals surface area contributed by atoms with Crippen molar-refractivity contribution in [3.05, 3.63) is 10.6 Å². The summed E-state index contributed by atoms with van der Waals surface area (Å²) in [5, 5.41) is 0.229. The van der Waals surface area contributed by atoms with Crippen molar-refractivity contribution < 1.29 is 14.3 Å². The monoisotopic (exact) mass is 190 g/mol. The molecule has 0 radical (unpaired) electrons. The van der Waals surface area contributed by atoms with E-state index in [0.29, 0.717) is 0 Å². The minimum Gasteiger partial charge on any atom is -0.328 e. The van der Waals surface area contributed by atoms with E-state index in [0.717, 1.165) is 5.54 Å². The zero-order valence-corrected chi connectivity index (χ0v) is 6.70. The van der Waals surface area contributed by atoms with Crippen molar-refractivity contribution in [3.8, 4) is 0 Å². The molecule has 0 aliphatic carbocycles. The lowest BCUT2D eigenvalue weighted by molar-refractivity contribution is 0.280. The molecule has 0 atom stereocenters. The van der Waals surface area contributed by atoms with Gasteiger partial charge in [-0.25, -0.2) is 0 Å². The highest BCUT2D eigenvalue weighted by Crippen LogP contribution is 2.25. The van der Waals surface area contributed by atoms with Crippen LogP contribution in [0.1, 0.15) is 0 Å². The van der Waals surface area contributed by atoms with Crippen LogP contribution in [-0.4, -0.2) is 16.4 Å². The molecule has 0 fully saturated rings. The molecular weight excluding hydrogens is 186 g/mol. The van der Waals surface area contributed by atoms with Gasteiger partial charge in [0, 0.05) is 5.54 Å². The fourth-order valence-corrected chi connectivity index (χ4v) is 0.599. The predicted molar refractivity (Wildman–Crippen MR) is 37.1 cm³/mol. The number of hydrogen-bond donors (Lipinski definition) is 2. The van der Waals surface area contributed by atoms with Crippen molar-refractivity contribution >= 4 is 31.8 Å². The maximum atomic E-state index is 8.17. The lowest BCUT2D eigenvalue weighted by Crippen LogP contribution is -1.86. The van der Waals surface area contributed by atoms with E-state index in [4.69, 9.17) is 33.0 Å². The maximum Gasteiger partial charge on any atom is 0.327 e. The van der Waals surface area contributed by atoms with Crippen LogP contribution >= 0.6 is 31.8 Å². The summed E-state index contributed by atoms with van der Waals surface area (Å²) in [4.78, 5) is 16.3. The summed E-state index contributed by atoms with van der Waals surface area (Å²) in [5.74, 6) is 0. The van der Waals surface area contributed by atoms with Crippen molar-refractivity contribution in [1.29, 1.82) is 0 Å². The fourth-order valence-electron chi connectivity index (χ4n) is 0.151. The Kier molecular flexibility index (Phi) is 5.80. The first kappa shape index (κ1) is 9.63. The third-order valence-electron chi connectivity index (χ3n) is 0.436. The molecule has 9 heavy (non-hydrogen) atoms. The Morgan fingerprint density at radius 2 is 2.22 bits per heavy atom. The summed E-state index contributed by atoms with van der Waals surface area (Å²) in [7, 11) is -2.32. The van der Waals surface area contributed by atoms with Crippen LogP contribution < -0.4 is 0 Å². The van der Waals surface area contributed by atoms with Gasteiger partial charge in [0.1, 0.15) is 0 Å². The summed E-state index contributed by atoms with van der Waals surface area (Å²) in [5.41, 5.74) is 1.10. The number of hydrogen-bond acceptors (Lipinski definition) is 3. The minimum atomic E-state index is -2.32. The summed E-state index contributed by atoms with van der Waals surface area (Å²) >= 11 is 10.4. The molecular formula is C3H5Cl2O3P.